The third kappa shape index (κ3) is 4.05. The SMILES string of the molecule is O=C(Cc1ccccc1Cl)Nc1ccc(-n2cccn2)cc1C(F)(F)F. The summed E-state index contributed by atoms with van der Waals surface area (Å²) in [6.07, 6.45) is -1.76. The average molecular weight is 380 g/mol. The van der Waals surface area contributed by atoms with Gasteiger partial charge in [-0.25, -0.2) is 4.68 Å². The number of aromatic nitrogens is 2. The number of amides is 1. The molecule has 0 saturated carbocycles. The first kappa shape index (κ1) is 18.0. The molecule has 3 aromatic rings. The van der Waals surface area contributed by atoms with E-state index < -0.39 is 17.6 Å². The Hall–Kier alpha value is -2.80. The molecule has 2 aromatic carbocycles. The maximum absolute atomic E-state index is 13.4. The van der Waals surface area contributed by atoms with Crippen LogP contribution in [0.5, 0.6) is 0 Å². The van der Waals surface area contributed by atoms with Gasteiger partial charge in [-0.1, -0.05) is 29.8 Å². The predicted molar refractivity (Wildman–Crippen MR) is 92.4 cm³/mol. The molecule has 0 radical (unpaired) electrons. The van der Waals surface area contributed by atoms with Crippen LogP contribution in [0.1, 0.15) is 11.1 Å². The second kappa shape index (κ2) is 7.21. The molecule has 0 atom stereocenters. The highest BCUT2D eigenvalue weighted by atomic mass is 35.5. The molecule has 0 unspecified atom stereocenters. The van der Waals surface area contributed by atoms with Gasteiger partial charge in [0.2, 0.25) is 5.91 Å². The number of nitrogens with zero attached hydrogens (tertiary/aromatic N) is 2. The second-order valence-electron chi connectivity index (χ2n) is 5.49. The van der Waals surface area contributed by atoms with Crippen LogP contribution in [0.25, 0.3) is 5.69 Å². The summed E-state index contributed by atoms with van der Waals surface area (Å²) >= 11 is 5.98. The molecule has 0 saturated heterocycles. The van der Waals surface area contributed by atoms with E-state index in [9.17, 15) is 18.0 Å². The summed E-state index contributed by atoms with van der Waals surface area (Å²) in [6, 6.07) is 11.9. The lowest BCUT2D eigenvalue weighted by atomic mass is 10.1. The van der Waals surface area contributed by atoms with E-state index in [4.69, 9.17) is 11.6 Å². The molecule has 4 nitrogen and oxygen atoms in total. The van der Waals surface area contributed by atoms with Crippen LogP contribution in [-0.4, -0.2) is 15.7 Å². The first-order valence-corrected chi connectivity index (χ1v) is 7.97. The predicted octanol–water partition coefficient (Wildman–Crippen LogP) is 4.73. The van der Waals surface area contributed by atoms with E-state index in [0.29, 0.717) is 10.6 Å². The quantitative estimate of drug-likeness (QED) is 0.712. The van der Waals surface area contributed by atoms with E-state index in [1.165, 1.54) is 29.2 Å². The van der Waals surface area contributed by atoms with E-state index >= 15 is 0 Å². The lowest BCUT2D eigenvalue weighted by Gasteiger charge is -2.15. The number of hydrogen-bond acceptors (Lipinski definition) is 2. The molecule has 0 aliphatic rings. The highest BCUT2D eigenvalue weighted by Gasteiger charge is 2.34. The van der Waals surface area contributed by atoms with E-state index in [-0.39, 0.29) is 17.8 Å². The third-order valence-corrected chi connectivity index (χ3v) is 4.03. The fourth-order valence-corrected chi connectivity index (χ4v) is 2.65. The van der Waals surface area contributed by atoms with Gasteiger partial charge < -0.3 is 5.32 Å². The fraction of sp³-hybridized carbons (Fsp3) is 0.111. The molecule has 3 rings (SSSR count). The number of carbonyl (C=O) groups excluding carboxylic acids is 1. The molecule has 1 amide bonds. The van der Waals surface area contributed by atoms with Crippen molar-refractivity contribution in [3.63, 3.8) is 0 Å². The van der Waals surface area contributed by atoms with E-state index in [0.717, 1.165) is 6.07 Å². The van der Waals surface area contributed by atoms with Crippen molar-refractivity contribution in [2.45, 2.75) is 12.6 Å². The first-order valence-electron chi connectivity index (χ1n) is 7.59. The summed E-state index contributed by atoms with van der Waals surface area (Å²) < 4.78 is 41.5. The Morgan fingerprint density at radius 1 is 1.15 bits per heavy atom. The van der Waals surface area contributed by atoms with Crippen LogP contribution >= 0.6 is 11.6 Å². The normalized spacial score (nSPS) is 11.4. The van der Waals surface area contributed by atoms with Gasteiger partial charge in [0, 0.05) is 17.4 Å². The monoisotopic (exact) mass is 379 g/mol. The number of anilines is 1. The Bertz CT molecular complexity index is 924. The van der Waals surface area contributed by atoms with Crippen molar-refractivity contribution >= 4 is 23.2 Å². The maximum Gasteiger partial charge on any atom is 0.418 e. The van der Waals surface area contributed by atoms with Crippen molar-refractivity contribution in [2.24, 2.45) is 0 Å². The molecule has 1 aromatic heterocycles. The summed E-state index contributed by atoms with van der Waals surface area (Å²) in [4.78, 5) is 12.2. The summed E-state index contributed by atoms with van der Waals surface area (Å²) in [5.41, 5.74) is -0.483. The van der Waals surface area contributed by atoms with Gasteiger partial charge >= 0.3 is 6.18 Å². The molecule has 26 heavy (non-hydrogen) atoms. The number of alkyl halides is 3. The molecule has 1 N–H and O–H groups in total. The van der Waals surface area contributed by atoms with Crippen molar-refractivity contribution in [1.82, 2.24) is 9.78 Å². The lowest BCUT2D eigenvalue weighted by molar-refractivity contribution is -0.137. The maximum atomic E-state index is 13.4. The molecule has 0 spiro atoms. The van der Waals surface area contributed by atoms with Crippen LogP contribution in [0.2, 0.25) is 5.02 Å². The van der Waals surface area contributed by atoms with Gasteiger partial charge in [-0.2, -0.15) is 18.3 Å². The Balaban J connectivity index is 1.87. The molecular weight excluding hydrogens is 367 g/mol. The van der Waals surface area contributed by atoms with E-state index in [2.05, 4.69) is 10.4 Å². The highest BCUT2D eigenvalue weighted by molar-refractivity contribution is 6.31. The third-order valence-electron chi connectivity index (χ3n) is 3.66. The topological polar surface area (TPSA) is 46.9 Å². The van der Waals surface area contributed by atoms with E-state index in [1.807, 2.05) is 0 Å². The van der Waals surface area contributed by atoms with Gasteiger partial charge in [0.1, 0.15) is 0 Å². The zero-order valence-electron chi connectivity index (χ0n) is 13.3. The van der Waals surface area contributed by atoms with Gasteiger partial charge in [0.25, 0.3) is 0 Å². The van der Waals surface area contributed by atoms with Gasteiger partial charge in [0.05, 0.1) is 23.4 Å². The Morgan fingerprint density at radius 3 is 2.58 bits per heavy atom. The number of hydrogen-bond donors (Lipinski definition) is 1. The number of nitrogens with one attached hydrogen (secondary N) is 1. The van der Waals surface area contributed by atoms with Crippen LogP contribution < -0.4 is 5.32 Å². The molecule has 134 valence electrons. The first-order chi connectivity index (χ1) is 12.3. The van der Waals surface area contributed by atoms with Crippen LogP contribution in [0.15, 0.2) is 60.9 Å². The minimum Gasteiger partial charge on any atom is -0.325 e. The smallest absolute Gasteiger partial charge is 0.325 e. The van der Waals surface area contributed by atoms with Gasteiger partial charge in [-0.05, 0) is 35.9 Å². The largest absolute Gasteiger partial charge is 0.418 e. The standard InChI is InChI=1S/C18H13ClF3N3O/c19-15-5-2-1-4-12(15)10-17(26)24-16-7-6-13(25-9-3-8-23-25)11-14(16)18(20,21)22/h1-9,11H,10H2,(H,24,26). The number of benzene rings is 2. The second-order valence-corrected chi connectivity index (χ2v) is 5.90. The van der Waals surface area contributed by atoms with Crippen molar-refractivity contribution in [3.8, 4) is 5.69 Å². The Morgan fingerprint density at radius 2 is 1.92 bits per heavy atom. The molecule has 0 aliphatic heterocycles. The van der Waals surface area contributed by atoms with Crippen LogP contribution in [0.3, 0.4) is 0 Å². The fourth-order valence-electron chi connectivity index (χ4n) is 2.45. The number of carbonyl (C=O) groups is 1. The van der Waals surface area contributed by atoms with Crippen LogP contribution in [-0.2, 0) is 17.4 Å². The van der Waals surface area contributed by atoms with Crippen molar-refractivity contribution in [2.75, 3.05) is 5.32 Å². The Kier molecular flexibility index (Phi) is 4.99. The molecule has 0 fully saturated rings. The summed E-state index contributed by atoms with van der Waals surface area (Å²) in [7, 11) is 0. The molecule has 1 heterocycles. The highest BCUT2D eigenvalue weighted by Crippen LogP contribution is 2.36. The summed E-state index contributed by atoms with van der Waals surface area (Å²) in [6.45, 7) is 0. The molecule has 0 bridgehead atoms. The number of rotatable bonds is 4. The minimum atomic E-state index is -4.63. The molecule has 0 aliphatic carbocycles. The van der Waals surface area contributed by atoms with Crippen LogP contribution in [0.4, 0.5) is 18.9 Å². The van der Waals surface area contributed by atoms with Crippen molar-refractivity contribution in [1.29, 1.82) is 0 Å². The minimum absolute atomic E-state index is 0.127. The lowest BCUT2D eigenvalue weighted by Crippen LogP contribution is -2.18. The van der Waals surface area contributed by atoms with Crippen molar-refractivity contribution in [3.05, 3.63) is 77.1 Å². The zero-order valence-corrected chi connectivity index (χ0v) is 14.1. The number of halogens is 4. The summed E-state index contributed by atoms with van der Waals surface area (Å²) in [5, 5.41) is 6.61. The Labute approximate surface area is 152 Å². The van der Waals surface area contributed by atoms with Gasteiger partial charge in [0.15, 0.2) is 0 Å². The van der Waals surface area contributed by atoms with Gasteiger partial charge in [-0.15, -0.1) is 0 Å². The van der Waals surface area contributed by atoms with E-state index in [1.54, 1.807) is 30.3 Å². The molecular formula is C18H13ClF3N3O. The summed E-state index contributed by atoms with van der Waals surface area (Å²) in [5.74, 6) is -0.588. The molecule has 8 heteroatoms. The van der Waals surface area contributed by atoms with Crippen LogP contribution in [0, 0.1) is 0 Å². The van der Waals surface area contributed by atoms with Crippen molar-refractivity contribution < 1.29 is 18.0 Å². The average Bonchev–Trinajstić information content (AvgIpc) is 3.11. The zero-order chi connectivity index (χ0) is 18.7. The van der Waals surface area contributed by atoms with Gasteiger partial charge in [-0.3, -0.25) is 4.79 Å².